The van der Waals surface area contributed by atoms with E-state index in [-0.39, 0.29) is 18.4 Å². The maximum absolute atomic E-state index is 12.9. The number of benzene rings is 1. The smallest absolute Gasteiger partial charge is 0.277 e. The second kappa shape index (κ2) is 7.96. The maximum atomic E-state index is 12.9. The fourth-order valence-electron chi connectivity index (χ4n) is 3.42. The fourth-order valence-corrected chi connectivity index (χ4v) is 3.92. The largest absolute Gasteiger partial charge is 0.395 e. The molecule has 0 aliphatic carbocycles. The third-order valence-corrected chi connectivity index (χ3v) is 5.31. The Labute approximate surface area is 162 Å². The minimum Gasteiger partial charge on any atom is -0.395 e. The van der Waals surface area contributed by atoms with E-state index in [9.17, 15) is 9.59 Å². The Morgan fingerprint density at radius 3 is 2.35 bits per heavy atom. The van der Waals surface area contributed by atoms with Gasteiger partial charge in [-0.15, -0.1) is 0 Å². The Balaban J connectivity index is 2.00. The number of aliphatic hydroxyl groups excluding tert-OH is 1. The number of hydrogen-bond donors (Lipinski definition) is 1. The van der Waals surface area contributed by atoms with E-state index in [2.05, 4.69) is 4.90 Å². The first-order valence-corrected chi connectivity index (χ1v) is 9.37. The number of nitrogens with zero attached hydrogens (tertiary/aromatic N) is 3. The van der Waals surface area contributed by atoms with Crippen LogP contribution in [-0.2, 0) is 9.59 Å². The number of hydrogen-bond acceptors (Lipinski definition) is 5. The van der Waals surface area contributed by atoms with Crippen LogP contribution < -0.4 is 0 Å². The average molecular weight is 398 g/mol. The fraction of sp³-hybridized carbons (Fsp3) is 0.444. The molecule has 0 aromatic heterocycles. The molecule has 2 aliphatic heterocycles. The van der Waals surface area contributed by atoms with Gasteiger partial charge in [-0.2, -0.15) is 0 Å². The second-order valence-electron chi connectivity index (χ2n) is 6.25. The van der Waals surface area contributed by atoms with Crippen LogP contribution in [0.4, 0.5) is 0 Å². The Hall–Kier alpha value is -1.60. The van der Waals surface area contributed by atoms with E-state index in [0.717, 1.165) is 13.1 Å². The molecule has 1 aromatic carbocycles. The lowest BCUT2D eigenvalue weighted by molar-refractivity contribution is -0.137. The lowest BCUT2D eigenvalue weighted by Crippen LogP contribution is -2.48. The predicted molar refractivity (Wildman–Crippen MR) is 101 cm³/mol. The summed E-state index contributed by atoms with van der Waals surface area (Å²) in [6.07, 6.45) is 0. The van der Waals surface area contributed by atoms with Gasteiger partial charge < -0.3 is 10.0 Å². The molecule has 1 saturated heterocycles. The number of carbonyl (C=O) groups is 2. The molecule has 2 heterocycles. The molecule has 1 aromatic rings. The highest BCUT2D eigenvalue weighted by Crippen LogP contribution is 2.36. The van der Waals surface area contributed by atoms with Crippen LogP contribution in [0.15, 0.2) is 23.9 Å². The molecule has 0 atom stereocenters. The van der Waals surface area contributed by atoms with Crippen LogP contribution in [0.2, 0.25) is 10.0 Å². The molecule has 0 bridgehead atoms. The van der Waals surface area contributed by atoms with Crippen LogP contribution in [0, 0.1) is 0 Å². The SMILES string of the molecule is CCN1C(=O)C(c2ccc(Cl)cc2Cl)=C(N2CCN(CCO)CC2)C1=O. The molecule has 1 fully saturated rings. The number of amides is 2. The zero-order valence-corrected chi connectivity index (χ0v) is 16.1. The van der Waals surface area contributed by atoms with Gasteiger partial charge in [0, 0.05) is 49.9 Å². The van der Waals surface area contributed by atoms with Gasteiger partial charge in [0.25, 0.3) is 11.8 Å². The van der Waals surface area contributed by atoms with Gasteiger partial charge in [-0.1, -0.05) is 29.3 Å². The molecule has 140 valence electrons. The van der Waals surface area contributed by atoms with Crippen LogP contribution in [0.1, 0.15) is 12.5 Å². The van der Waals surface area contributed by atoms with Crippen molar-refractivity contribution in [3.63, 3.8) is 0 Å². The highest BCUT2D eigenvalue weighted by Gasteiger charge is 2.41. The van der Waals surface area contributed by atoms with Gasteiger partial charge in [0.1, 0.15) is 5.70 Å². The summed E-state index contributed by atoms with van der Waals surface area (Å²) >= 11 is 12.3. The highest BCUT2D eigenvalue weighted by molar-refractivity contribution is 6.41. The number of piperazine rings is 1. The van der Waals surface area contributed by atoms with Gasteiger partial charge in [-0.3, -0.25) is 19.4 Å². The topological polar surface area (TPSA) is 64.1 Å². The third kappa shape index (κ3) is 3.47. The molecule has 0 saturated carbocycles. The van der Waals surface area contributed by atoms with Crippen molar-refractivity contribution in [2.24, 2.45) is 0 Å². The van der Waals surface area contributed by atoms with Gasteiger partial charge in [0.05, 0.1) is 17.2 Å². The van der Waals surface area contributed by atoms with Crippen LogP contribution in [0.3, 0.4) is 0 Å². The molecule has 0 spiro atoms. The molecule has 3 rings (SSSR count). The maximum Gasteiger partial charge on any atom is 0.277 e. The monoisotopic (exact) mass is 397 g/mol. The Morgan fingerprint density at radius 1 is 1.08 bits per heavy atom. The van der Waals surface area contributed by atoms with Crippen molar-refractivity contribution in [1.82, 2.24) is 14.7 Å². The molecule has 0 radical (unpaired) electrons. The lowest BCUT2D eigenvalue weighted by atomic mass is 10.0. The Bertz CT molecular complexity index is 758. The van der Waals surface area contributed by atoms with E-state index < -0.39 is 0 Å². The van der Waals surface area contributed by atoms with E-state index >= 15 is 0 Å². The standard InChI is InChI=1S/C18H21Cl2N3O3/c1-2-23-17(25)15(13-4-3-12(19)11-14(13)20)16(18(23)26)22-7-5-21(6-8-22)9-10-24/h3-4,11,24H,2,5-10H2,1H3. The van der Waals surface area contributed by atoms with E-state index in [1.165, 1.54) is 4.90 Å². The molecule has 8 heteroatoms. The van der Waals surface area contributed by atoms with Crippen molar-refractivity contribution in [2.75, 3.05) is 45.9 Å². The van der Waals surface area contributed by atoms with Gasteiger partial charge in [0.15, 0.2) is 0 Å². The summed E-state index contributed by atoms with van der Waals surface area (Å²) in [5.41, 5.74) is 1.28. The minimum absolute atomic E-state index is 0.107. The van der Waals surface area contributed by atoms with Gasteiger partial charge in [-0.05, 0) is 19.1 Å². The van der Waals surface area contributed by atoms with E-state index in [0.29, 0.717) is 53.1 Å². The summed E-state index contributed by atoms with van der Waals surface area (Å²) < 4.78 is 0. The molecule has 0 unspecified atom stereocenters. The van der Waals surface area contributed by atoms with Crippen molar-refractivity contribution in [3.8, 4) is 0 Å². The number of aliphatic hydroxyl groups is 1. The molecular formula is C18H21Cl2N3O3. The Morgan fingerprint density at radius 2 is 1.77 bits per heavy atom. The van der Waals surface area contributed by atoms with Gasteiger partial charge >= 0.3 is 0 Å². The summed E-state index contributed by atoms with van der Waals surface area (Å²) in [5, 5.41) is 9.91. The molecule has 2 aliphatic rings. The third-order valence-electron chi connectivity index (χ3n) is 4.76. The van der Waals surface area contributed by atoms with Crippen LogP contribution in [-0.4, -0.2) is 77.5 Å². The number of β-amino-alcohol motifs (C(OH)–C–C–N with tert-alkyl or cyclic N) is 1. The number of halogens is 2. The van der Waals surface area contributed by atoms with Crippen molar-refractivity contribution in [3.05, 3.63) is 39.5 Å². The van der Waals surface area contributed by atoms with Crippen molar-refractivity contribution in [2.45, 2.75) is 6.92 Å². The first-order chi connectivity index (χ1) is 12.5. The number of carbonyl (C=O) groups excluding carboxylic acids is 2. The van der Waals surface area contributed by atoms with Crippen molar-refractivity contribution >= 4 is 40.6 Å². The summed E-state index contributed by atoms with van der Waals surface area (Å²) in [6, 6.07) is 4.93. The van der Waals surface area contributed by atoms with E-state index in [4.69, 9.17) is 28.3 Å². The van der Waals surface area contributed by atoms with Crippen LogP contribution in [0.25, 0.3) is 5.57 Å². The van der Waals surface area contributed by atoms with E-state index in [1.807, 2.05) is 4.90 Å². The molecule has 1 N–H and O–H groups in total. The molecular weight excluding hydrogens is 377 g/mol. The van der Waals surface area contributed by atoms with Crippen molar-refractivity contribution in [1.29, 1.82) is 0 Å². The first-order valence-electron chi connectivity index (χ1n) is 8.62. The summed E-state index contributed by atoms with van der Waals surface area (Å²) in [6.45, 7) is 5.46. The van der Waals surface area contributed by atoms with Crippen LogP contribution >= 0.6 is 23.2 Å². The molecule has 6 nitrogen and oxygen atoms in total. The summed E-state index contributed by atoms with van der Waals surface area (Å²) in [4.78, 5) is 31.1. The highest BCUT2D eigenvalue weighted by atomic mass is 35.5. The Kier molecular flexibility index (Phi) is 5.87. The number of imide groups is 1. The molecule has 26 heavy (non-hydrogen) atoms. The van der Waals surface area contributed by atoms with Crippen molar-refractivity contribution < 1.29 is 14.7 Å². The van der Waals surface area contributed by atoms with Crippen LogP contribution in [0.5, 0.6) is 0 Å². The summed E-state index contributed by atoms with van der Waals surface area (Å²) in [5.74, 6) is -0.608. The zero-order valence-electron chi connectivity index (χ0n) is 14.5. The molecule has 2 amide bonds. The van der Waals surface area contributed by atoms with E-state index in [1.54, 1.807) is 25.1 Å². The summed E-state index contributed by atoms with van der Waals surface area (Å²) in [7, 11) is 0. The normalized spacial score (nSPS) is 19.1. The zero-order chi connectivity index (χ0) is 18.8. The van der Waals surface area contributed by atoms with Gasteiger partial charge in [-0.25, -0.2) is 0 Å². The number of likely N-dealkylation sites (N-methyl/N-ethyl adjacent to an activating group) is 1. The predicted octanol–water partition coefficient (Wildman–Crippen LogP) is 1.70. The average Bonchev–Trinajstić information content (AvgIpc) is 2.86. The number of rotatable bonds is 5. The first kappa shape index (κ1) is 19.2. The second-order valence-corrected chi connectivity index (χ2v) is 7.10. The minimum atomic E-state index is -0.325. The lowest BCUT2D eigenvalue weighted by Gasteiger charge is -2.36. The van der Waals surface area contributed by atoms with Gasteiger partial charge in [0.2, 0.25) is 0 Å². The quantitative estimate of drug-likeness (QED) is 0.766.